The Balaban J connectivity index is 1.46. The number of ether oxygens (including phenoxy) is 1. The molecule has 0 saturated carbocycles. The van der Waals surface area contributed by atoms with Gasteiger partial charge in [-0.2, -0.15) is 0 Å². The molecular weight excluding hydrogens is 332 g/mol. The Bertz CT molecular complexity index is 741. The lowest BCUT2D eigenvalue weighted by molar-refractivity contribution is -0.139. The Hall–Kier alpha value is -2.37. The number of amides is 2. The fourth-order valence-corrected chi connectivity index (χ4v) is 4.20. The number of fused-ring (bicyclic) bond motifs is 1. The van der Waals surface area contributed by atoms with Crippen LogP contribution in [0.4, 0.5) is 0 Å². The van der Waals surface area contributed by atoms with Crippen molar-refractivity contribution in [2.45, 2.75) is 44.1 Å². The molecule has 2 saturated heterocycles. The highest BCUT2D eigenvalue weighted by Crippen LogP contribution is 2.39. The predicted octanol–water partition coefficient (Wildman–Crippen LogP) is 2.03. The molecule has 0 N–H and O–H groups in total. The van der Waals surface area contributed by atoms with Crippen LogP contribution in [0.3, 0.4) is 0 Å². The molecule has 1 aromatic rings. The summed E-state index contributed by atoms with van der Waals surface area (Å²) in [7, 11) is 0. The maximum absolute atomic E-state index is 12.5. The molecule has 26 heavy (non-hydrogen) atoms. The Labute approximate surface area is 153 Å². The van der Waals surface area contributed by atoms with Gasteiger partial charge in [0.25, 0.3) is 0 Å². The molecule has 0 aliphatic carbocycles. The Kier molecular flexibility index (Phi) is 4.42. The first-order chi connectivity index (χ1) is 12.6. The molecule has 6 nitrogen and oxygen atoms in total. The number of hydrogen-bond acceptors (Lipinski definition) is 4. The smallest absolute Gasteiger partial charge is 0.242 e. The summed E-state index contributed by atoms with van der Waals surface area (Å²) in [4.78, 5) is 41.0. The maximum atomic E-state index is 12.5. The Morgan fingerprint density at radius 2 is 1.85 bits per heavy atom. The van der Waals surface area contributed by atoms with E-state index in [1.54, 1.807) is 11.0 Å². The van der Waals surface area contributed by atoms with Crippen LogP contribution >= 0.6 is 0 Å². The highest BCUT2D eigenvalue weighted by Gasteiger charge is 2.43. The third-order valence-electron chi connectivity index (χ3n) is 5.77. The molecule has 4 rings (SSSR count). The van der Waals surface area contributed by atoms with E-state index in [1.807, 2.05) is 23.1 Å². The number of para-hydroxylation sites is 1. The number of Topliss-reactive ketones (excluding diaryl/α,β-unsaturated/α-hetero) is 1. The van der Waals surface area contributed by atoms with Crippen molar-refractivity contribution in [2.24, 2.45) is 0 Å². The van der Waals surface area contributed by atoms with Gasteiger partial charge in [0.15, 0.2) is 5.78 Å². The molecule has 0 bridgehead atoms. The zero-order valence-electron chi connectivity index (χ0n) is 14.9. The third kappa shape index (κ3) is 3.20. The van der Waals surface area contributed by atoms with Gasteiger partial charge in [-0.3, -0.25) is 14.4 Å². The number of rotatable bonds is 2. The first-order valence-corrected chi connectivity index (χ1v) is 9.43. The van der Waals surface area contributed by atoms with E-state index in [2.05, 4.69) is 0 Å². The van der Waals surface area contributed by atoms with Gasteiger partial charge in [-0.25, -0.2) is 0 Å². The molecule has 1 unspecified atom stereocenters. The topological polar surface area (TPSA) is 66.9 Å². The average Bonchev–Trinajstić information content (AvgIpc) is 3.14. The second-order valence-electron chi connectivity index (χ2n) is 7.53. The van der Waals surface area contributed by atoms with E-state index >= 15 is 0 Å². The molecule has 138 valence electrons. The molecule has 2 fully saturated rings. The molecule has 3 aliphatic rings. The largest absolute Gasteiger partial charge is 0.486 e. The van der Waals surface area contributed by atoms with Crippen LogP contribution in [0, 0.1) is 0 Å². The highest BCUT2D eigenvalue weighted by molar-refractivity contribution is 6.00. The van der Waals surface area contributed by atoms with Gasteiger partial charge in [0.05, 0.1) is 18.5 Å². The molecule has 2 amide bonds. The van der Waals surface area contributed by atoms with Crippen LogP contribution in [0.15, 0.2) is 24.3 Å². The molecule has 3 aliphatic heterocycles. The van der Waals surface area contributed by atoms with E-state index in [9.17, 15) is 14.4 Å². The quantitative estimate of drug-likeness (QED) is 0.813. The zero-order chi connectivity index (χ0) is 18.1. The maximum Gasteiger partial charge on any atom is 0.242 e. The third-order valence-corrected chi connectivity index (χ3v) is 5.77. The molecule has 0 aromatic heterocycles. The lowest BCUT2D eigenvalue weighted by Gasteiger charge is -2.37. The van der Waals surface area contributed by atoms with Crippen LogP contribution in [-0.2, 0) is 9.59 Å². The number of carbonyl (C=O) groups excluding carboxylic acids is 3. The van der Waals surface area contributed by atoms with Crippen LogP contribution in [0.25, 0.3) is 0 Å². The number of carbonyl (C=O) groups is 3. The average molecular weight is 356 g/mol. The van der Waals surface area contributed by atoms with Crippen molar-refractivity contribution in [2.75, 3.05) is 26.2 Å². The summed E-state index contributed by atoms with van der Waals surface area (Å²) < 4.78 is 6.22. The minimum absolute atomic E-state index is 0.0238. The number of nitrogens with zero attached hydrogens (tertiary/aromatic N) is 2. The van der Waals surface area contributed by atoms with Gasteiger partial charge in [0, 0.05) is 32.5 Å². The summed E-state index contributed by atoms with van der Waals surface area (Å²) >= 11 is 0. The fourth-order valence-electron chi connectivity index (χ4n) is 4.20. The van der Waals surface area contributed by atoms with Crippen molar-refractivity contribution in [3.8, 4) is 5.75 Å². The fraction of sp³-hybridized carbons (Fsp3) is 0.550. The normalized spacial score (nSPS) is 25.8. The Morgan fingerprint density at radius 3 is 2.65 bits per heavy atom. The van der Waals surface area contributed by atoms with E-state index in [0.29, 0.717) is 43.5 Å². The Morgan fingerprint density at radius 1 is 1.08 bits per heavy atom. The van der Waals surface area contributed by atoms with Crippen LogP contribution in [0.5, 0.6) is 5.75 Å². The summed E-state index contributed by atoms with van der Waals surface area (Å²) in [6.07, 6.45) is 3.77. The van der Waals surface area contributed by atoms with Crippen molar-refractivity contribution in [3.05, 3.63) is 29.8 Å². The molecular formula is C20H24N2O4. The summed E-state index contributed by atoms with van der Waals surface area (Å²) in [5, 5.41) is 0. The second kappa shape index (κ2) is 6.74. The van der Waals surface area contributed by atoms with Gasteiger partial charge in [0.1, 0.15) is 11.4 Å². The lowest BCUT2D eigenvalue weighted by Crippen LogP contribution is -2.44. The van der Waals surface area contributed by atoms with Gasteiger partial charge < -0.3 is 14.5 Å². The van der Waals surface area contributed by atoms with Crippen molar-refractivity contribution in [3.63, 3.8) is 0 Å². The van der Waals surface area contributed by atoms with E-state index < -0.39 is 5.60 Å². The van der Waals surface area contributed by atoms with Gasteiger partial charge >= 0.3 is 0 Å². The standard InChI is InChI=1S/C20H24N2O4/c23-16-13-20(26-17-6-2-1-5-15(16)17)8-7-18(24)22(12-9-20)14-19(25)21-10-3-4-11-21/h1-2,5-6H,3-4,7-14H2. The lowest BCUT2D eigenvalue weighted by atomic mass is 9.84. The van der Waals surface area contributed by atoms with Crippen LogP contribution in [0.2, 0.25) is 0 Å². The highest BCUT2D eigenvalue weighted by atomic mass is 16.5. The van der Waals surface area contributed by atoms with E-state index in [4.69, 9.17) is 4.74 Å². The summed E-state index contributed by atoms with van der Waals surface area (Å²) in [5.41, 5.74) is -0.0122. The summed E-state index contributed by atoms with van der Waals surface area (Å²) in [5.74, 6) is 0.681. The predicted molar refractivity (Wildman–Crippen MR) is 95.0 cm³/mol. The van der Waals surface area contributed by atoms with Gasteiger partial charge in [-0.1, -0.05) is 12.1 Å². The first kappa shape index (κ1) is 17.1. The monoisotopic (exact) mass is 356 g/mol. The minimum atomic E-state index is -0.632. The number of benzene rings is 1. The minimum Gasteiger partial charge on any atom is -0.486 e. The van der Waals surface area contributed by atoms with Gasteiger partial charge in [-0.15, -0.1) is 0 Å². The van der Waals surface area contributed by atoms with Crippen molar-refractivity contribution >= 4 is 17.6 Å². The van der Waals surface area contributed by atoms with Crippen LogP contribution in [-0.4, -0.2) is 59.2 Å². The molecule has 3 heterocycles. The second-order valence-corrected chi connectivity index (χ2v) is 7.53. The summed E-state index contributed by atoms with van der Waals surface area (Å²) in [6, 6.07) is 7.29. The number of hydrogen-bond donors (Lipinski definition) is 0. The molecule has 0 radical (unpaired) electrons. The molecule has 1 aromatic carbocycles. The van der Waals surface area contributed by atoms with Crippen LogP contribution in [0.1, 0.15) is 48.9 Å². The van der Waals surface area contributed by atoms with Crippen molar-refractivity contribution in [1.29, 1.82) is 0 Å². The van der Waals surface area contributed by atoms with Gasteiger partial charge in [-0.05, 0) is 31.4 Å². The molecule has 1 spiro atoms. The first-order valence-electron chi connectivity index (χ1n) is 9.43. The van der Waals surface area contributed by atoms with E-state index in [0.717, 1.165) is 25.9 Å². The van der Waals surface area contributed by atoms with E-state index in [1.165, 1.54) is 0 Å². The zero-order valence-corrected chi connectivity index (χ0v) is 14.9. The summed E-state index contributed by atoms with van der Waals surface area (Å²) in [6.45, 7) is 2.17. The van der Waals surface area contributed by atoms with Gasteiger partial charge in [0.2, 0.25) is 11.8 Å². The number of ketones is 1. The molecule has 6 heteroatoms. The van der Waals surface area contributed by atoms with Crippen molar-refractivity contribution < 1.29 is 19.1 Å². The number of likely N-dealkylation sites (tertiary alicyclic amines) is 2. The SMILES string of the molecule is O=C1CC2(CCC(=O)N(CC(=O)N3CCCC3)CC2)Oc2ccccc21. The van der Waals surface area contributed by atoms with Crippen molar-refractivity contribution in [1.82, 2.24) is 9.80 Å². The van der Waals surface area contributed by atoms with E-state index in [-0.39, 0.29) is 24.1 Å². The molecule has 1 atom stereocenters. The van der Waals surface area contributed by atoms with Crippen LogP contribution < -0.4 is 4.74 Å².